The number of nitrogens with one attached hydrogen (secondary N) is 1. The van der Waals surface area contributed by atoms with Crippen LogP contribution < -0.4 is 15.0 Å². The molecule has 0 spiro atoms. The highest BCUT2D eigenvalue weighted by atomic mass is 16.5. The maximum atomic E-state index is 9.25. The molecule has 0 saturated heterocycles. The van der Waals surface area contributed by atoms with Crippen LogP contribution in [0.4, 0.5) is 17.3 Å². The summed E-state index contributed by atoms with van der Waals surface area (Å²) in [6.45, 7) is 0.856. The Morgan fingerprint density at radius 3 is 2.59 bits per heavy atom. The summed E-state index contributed by atoms with van der Waals surface area (Å²) in [5.74, 6) is 2.21. The summed E-state index contributed by atoms with van der Waals surface area (Å²) in [5.41, 5.74) is 3.67. The molecule has 1 aliphatic heterocycles. The zero-order valence-electron chi connectivity index (χ0n) is 16.7. The van der Waals surface area contributed by atoms with E-state index in [1.807, 2.05) is 61.9 Å². The van der Waals surface area contributed by atoms with Gasteiger partial charge in [-0.2, -0.15) is 0 Å². The molecule has 4 rings (SSSR count). The molecule has 0 unspecified atom stereocenters. The van der Waals surface area contributed by atoms with E-state index in [0.29, 0.717) is 18.9 Å². The van der Waals surface area contributed by atoms with Crippen LogP contribution in [0.3, 0.4) is 0 Å². The van der Waals surface area contributed by atoms with E-state index in [2.05, 4.69) is 15.1 Å². The van der Waals surface area contributed by atoms with Crippen molar-refractivity contribution in [2.24, 2.45) is 0 Å². The number of aliphatic hydroxyl groups excluding tert-OH is 1. The molecule has 0 fully saturated rings. The zero-order chi connectivity index (χ0) is 20.2. The van der Waals surface area contributed by atoms with Gasteiger partial charge >= 0.3 is 0 Å². The van der Waals surface area contributed by atoms with Crippen LogP contribution in [0.25, 0.3) is 11.0 Å². The summed E-state index contributed by atoms with van der Waals surface area (Å²) in [5, 5.41) is 12.7. The molecule has 0 atom stereocenters. The largest absolute Gasteiger partial charge is 0.497 e. The number of aryl methyl sites for hydroxylation is 1. The number of methoxy groups -OCH3 is 1. The van der Waals surface area contributed by atoms with E-state index in [0.717, 1.165) is 40.3 Å². The Kier molecular flexibility index (Phi) is 5.48. The van der Waals surface area contributed by atoms with Crippen LogP contribution in [0.5, 0.6) is 5.75 Å². The third-order valence-electron chi connectivity index (χ3n) is 4.88. The van der Waals surface area contributed by atoms with Crippen LogP contribution in [-0.4, -0.2) is 47.4 Å². The number of aliphatic hydroxyl groups is 1. The lowest BCUT2D eigenvalue weighted by atomic mass is 10.1. The van der Waals surface area contributed by atoms with Crippen molar-refractivity contribution in [1.29, 1.82) is 0 Å². The standard InChI is InChI=1S/C22H25N5O2/c1-26-11-12-27(15-26)22-21(23-18-7-3-4-8-19(18)25-22)24-20-14-17(29-2)10-9-16(20)6-5-13-28/h3-4,7-12,14,28H,5-6,13,15H2,1-2H3,(H,23,24). The van der Waals surface area contributed by atoms with Crippen molar-refractivity contribution in [3.63, 3.8) is 0 Å². The molecule has 0 saturated carbocycles. The van der Waals surface area contributed by atoms with Gasteiger partial charge < -0.3 is 25.0 Å². The first kappa shape index (κ1) is 19.0. The monoisotopic (exact) mass is 391 g/mol. The van der Waals surface area contributed by atoms with Crippen molar-refractivity contribution in [2.75, 3.05) is 37.6 Å². The van der Waals surface area contributed by atoms with Crippen LogP contribution in [-0.2, 0) is 6.42 Å². The van der Waals surface area contributed by atoms with E-state index in [1.165, 1.54) is 0 Å². The van der Waals surface area contributed by atoms with E-state index in [-0.39, 0.29) is 6.61 Å². The molecule has 150 valence electrons. The molecule has 7 heteroatoms. The molecule has 0 bridgehead atoms. The van der Waals surface area contributed by atoms with Gasteiger partial charge in [0.2, 0.25) is 0 Å². The maximum Gasteiger partial charge on any atom is 0.178 e. The van der Waals surface area contributed by atoms with Gasteiger partial charge in [0, 0.05) is 37.8 Å². The first-order valence-corrected chi connectivity index (χ1v) is 9.64. The van der Waals surface area contributed by atoms with Gasteiger partial charge in [-0.1, -0.05) is 18.2 Å². The zero-order valence-corrected chi connectivity index (χ0v) is 16.7. The number of rotatable bonds is 7. The van der Waals surface area contributed by atoms with Gasteiger partial charge in [0.1, 0.15) is 5.75 Å². The molecule has 1 aromatic heterocycles. The molecule has 0 aliphatic carbocycles. The van der Waals surface area contributed by atoms with Crippen molar-refractivity contribution in [2.45, 2.75) is 12.8 Å². The lowest BCUT2D eigenvalue weighted by Crippen LogP contribution is -2.23. The molecule has 7 nitrogen and oxygen atoms in total. The molecule has 2 aromatic carbocycles. The highest BCUT2D eigenvalue weighted by Gasteiger charge is 2.19. The van der Waals surface area contributed by atoms with Crippen molar-refractivity contribution in [1.82, 2.24) is 14.9 Å². The van der Waals surface area contributed by atoms with E-state index in [4.69, 9.17) is 14.7 Å². The van der Waals surface area contributed by atoms with Gasteiger partial charge in [0.05, 0.1) is 24.8 Å². The van der Waals surface area contributed by atoms with Crippen molar-refractivity contribution in [3.05, 3.63) is 60.4 Å². The number of hydrogen-bond acceptors (Lipinski definition) is 7. The number of hydrogen-bond donors (Lipinski definition) is 2. The Morgan fingerprint density at radius 1 is 1.10 bits per heavy atom. The van der Waals surface area contributed by atoms with Crippen LogP contribution in [0, 0.1) is 0 Å². The van der Waals surface area contributed by atoms with Crippen LogP contribution in [0.2, 0.25) is 0 Å². The fourth-order valence-electron chi connectivity index (χ4n) is 3.36. The molecule has 2 heterocycles. The molecule has 1 aliphatic rings. The average Bonchev–Trinajstić information content (AvgIpc) is 3.18. The molecule has 0 radical (unpaired) electrons. The topological polar surface area (TPSA) is 73.8 Å². The predicted molar refractivity (Wildman–Crippen MR) is 115 cm³/mol. The number of benzene rings is 2. The van der Waals surface area contributed by atoms with Crippen molar-refractivity contribution in [3.8, 4) is 5.75 Å². The summed E-state index contributed by atoms with van der Waals surface area (Å²) >= 11 is 0. The summed E-state index contributed by atoms with van der Waals surface area (Å²) in [6.07, 6.45) is 5.46. The minimum absolute atomic E-state index is 0.150. The Bertz CT molecular complexity index is 1040. The highest BCUT2D eigenvalue weighted by Crippen LogP contribution is 2.32. The average molecular weight is 391 g/mol. The molecule has 29 heavy (non-hydrogen) atoms. The van der Waals surface area contributed by atoms with Crippen molar-refractivity contribution < 1.29 is 9.84 Å². The molecule has 2 N–H and O–H groups in total. The van der Waals surface area contributed by atoms with Gasteiger partial charge in [0.25, 0.3) is 0 Å². The van der Waals surface area contributed by atoms with E-state index < -0.39 is 0 Å². The first-order valence-electron chi connectivity index (χ1n) is 9.64. The van der Waals surface area contributed by atoms with Crippen molar-refractivity contribution >= 4 is 28.4 Å². The minimum Gasteiger partial charge on any atom is -0.497 e. The Hall–Kier alpha value is -3.32. The number of para-hydroxylation sites is 2. The Labute approximate surface area is 170 Å². The van der Waals surface area contributed by atoms with Crippen LogP contribution in [0.1, 0.15) is 12.0 Å². The smallest absolute Gasteiger partial charge is 0.178 e. The molecule has 0 amide bonds. The third-order valence-corrected chi connectivity index (χ3v) is 4.88. The minimum atomic E-state index is 0.150. The third kappa shape index (κ3) is 4.09. The Morgan fingerprint density at radius 2 is 1.90 bits per heavy atom. The number of anilines is 3. The van der Waals surface area contributed by atoms with E-state index in [9.17, 15) is 5.11 Å². The second-order valence-electron chi connectivity index (χ2n) is 7.03. The van der Waals surface area contributed by atoms with Gasteiger partial charge in [-0.3, -0.25) is 0 Å². The number of aromatic nitrogens is 2. The van der Waals surface area contributed by atoms with Crippen LogP contribution in [0.15, 0.2) is 54.9 Å². The molecule has 3 aromatic rings. The van der Waals surface area contributed by atoms with Gasteiger partial charge in [-0.05, 0) is 36.6 Å². The second kappa shape index (κ2) is 8.36. The number of nitrogens with zero attached hydrogens (tertiary/aromatic N) is 4. The van der Waals surface area contributed by atoms with E-state index in [1.54, 1.807) is 7.11 Å². The first-order chi connectivity index (χ1) is 14.2. The number of ether oxygens (including phenoxy) is 1. The molecular formula is C22H25N5O2. The number of fused-ring (bicyclic) bond motifs is 1. The normalized spacial score (nSPS) is 13.3. The van der Waals surface area contributed by atoms with Crippen LogP contribution >= 0.6 is 0 Å². The second-order valence-corrected chi connectivity index (χ2v) is 7.03. The van der Waals surface area contributed by atoms with Gasteiger partial charge in [-0.25, -0.2) is 9.97 Å². The van der Waals surface area contributed by atoms with Gasteiger partial charge in [-0.15, -0.1) is 0 Å². The lowest BCUT2D eigenvalue weighted by molar-refractivity contribution is 0.288. The summed E-state index contributed by atoms with van der Waals surface area (Å²) < 4.78 is 5.41. The maximum absolute atomic E-state index is 9.25. The molecular weight excluding hydrogens is 366 g/mol. The van der Waals surface area contributed by atoms with Gasteiger partial charge in [0.15, 0.2) is 11.6 Å². The SMILES string of the molecule is COc1ccc(CCCO)c(Nc2nc3ccccc3nc2N2C=CN(C)C2)c1. The highest BCUT2D eigenvalue weighted by molar-refractivity contribution is 5.83. The quantitative estimate of drug-likeness (QED) is 0.639. The fourth-order valence-corrected chi connectivity index (χ4v) is 3.36. The van der Waals surface area contributed by atoms with E-state index >= 15 is 0 Å². The summed E-state index contributed by atoms with van der Waals surface area (Å²) in [6, 6.07) is 13.8. The lowest BCUT2D eigenvalue weighted by Gasteiger charge is -2.21. The summed E-state index contributed by atoms with van der Waals surface area (Å²) in [7, 11) is 3.67. The Balaban J connectivity index is 1.78. The summed E-state index contributed by atoms with van der Waals surface area (Å²) in [4.78, 5) is 13.9. The predicted octanol–water partition coefficient (Wildman–Crippen LogP) is 3.49. The fraction of sp³-hybridized carbons (Fsp3) is 0.273.